The molecule has 1 unspecified atom stereocenters. The summed E-state index contributed by atoms with van der Waals surface area (Å²) in [4.78, 5) is 27.7. The van der Waals surface area contributed by atoms with Crippen molar-refractivity contribution in [1.29, 1.82) is 0 Å². The molecule has 1 atom stereocenters. The number of pyridine rings is 1. The molecule has 0 spiro atoms. The maximum absolute atomic E-state index is 12.3. The van der Waals surface area contributed by atoms with E-state index in [0.29, 0.717) is 35.8 Å². The van der Waals surface area contributed by atoms with E-state index in [1.165, 1.54) is 0 Å². The topological polar surface area (TPSA) is 110 Å². The highest BCUT2D eigenvalue weighted by Crippen LogP contribution is 2.29. The summed E-state index contributed by atoms with van der Waals surface area (Å²) in [5.74, 6) is 0.550. The van der Waals surface area contributed by atoms with Crippen LogP contribution in [0.25, 0.3) is 27.9 Å². The number of amides is 1. The van der Waals surface area contributed by atoms with Crippen LogP contribution in [-0.2, 0) is 4.74 Å². The van der Waals surface area contributed by atoms with E-state index in [2.05, 4.69) is 20.7 Å². The molecule has 1 saturated heterocycles. The fourth-order valence-electron chi connectivity index (χ4n) is 3.71. The highest BCUT2D eigenvalue weighted by molar-refractivity contribution is 5.99. The van der Waals surface area contributed by atoms with E-state index in [0.717, 1.165) is 23.2 Å². The van der Waals surface area contributed by atoms with Gasteiger partial charge in [-0.1, -0.05) is 4.98 Å². The van der Waals surface area contributed by atoms with Crippen molar-refractivity contribution < 1.29 is 18.9 Å². The Bertz CT molecular complexity index is 1240. The monoisotopic (exact) mass is 408 g/mol. The van der Waals surface area contributed by atoms with Gasteiger partial charge in [0.1, 0.15) is 5.56 Å². The minimum absolute atomic E-state index is 0.0150. The smallest absolute Gasteiger partial charge is 0.299 e. The zero-order valence-corrected chi connectivity index (χ0v) is 16.7. The second-order valence-electron chi connectivity index (χ2n) is 7.04. The van der Waals surface area contributed by atoms with Crippen molar-refractivity contribution in [3.63, 3.8) is 0 Å². The molecule has 0 saturated carbocycles. The minimum Gasteiger partial charge on any atom is -0.407 e. The van der Waals surface area contributed by atoms with E-state index in [4.69, 9.17) is 14.6 Å². The first-order chi connectivity index (χ1) is 14.7. The van der Waals surface area contributed by atoms with Gasteiger partial charge in [-0.05, 0) is 12.1 Å². The van der Waals surface area contributed by atoms with E-state index in [1.54, 1.807) is 28.7 Å². The second-order valence-corrected chi connectivity index (χ2v) is 7.04. The number of carbonyl (C=O) groups is 1. The Kier molecular flexibility index (Phi) is 4.47. The van der Waals surface area contributed by atoms with E-state index in [-0.39, 0.29) is 12.0 Å². The van der Waals surface area contributed by atoms with Crippen molar-refractivity contribution in [1.82, 2.24) is 25.1 Å². The van der Waals surface area contributed by atoms with Gasteiger partial charge in [0.05, 0.1) is 31.7 Å². The fourth-order valence-corrected chi connectivity index (χ4v) is 3.71. The Hall–Kier alpha value is -3.66. The van der Waals surface area contributed by atoms with Crippen molar-refractivity contribution in [2.24, 2.45) is 0 Å². The lowest BCUT2D eigenvalue weighted by molar-refractivity contribution is -0.563. The van der Waals surface area contributed by atoms with E-state index < -0.39 is 0 Å². The van der Waals surface area contributed by atoms with Crippen molar-refractivity contribution in [3.05, 3.63) is 42.4 Å². The molecule has 5 heterocycles. The molecule has 1 aliphatic rings. The first kappa shape index (κ1) is 18.4. The van der Waals surface area contributed by atoms with E-state index >= 15 is 0 Å². The quantitative estimate of drug-likeness (QED) is 0.421. The summed E-state index contributed by atoms with van der Waals surface area (Å²) >= 11 is 0. The summed E-state index contributed by atoms with van der Waals surface area (Å²) in [6.45, 7) is 1.26. The number of hydrogen-bond donors (Lipinski definition) is 3. The lowest BCUT2D eigenvalue weighted by Crippen LogP contribution is -2.29. The number of nitrogens with zero attached hydrogens (tertiary/aromatic N) is 4. The van der Waals surface area contributed by atoms with Crippen LogP contribution in [0.3, 0.4) is 0 Å². The number of carbonyl (C=O) groups excluding carboxylic acids is 1. The Morgan fingerprint density at radius 2 is 2.33 bits per heavy atom. The van der Waals surface area contributed by atoms with Crippen molar-refractivity contribution in [2.75, 3.05) is 32.6 Å². The Labute approximate surface area is 171 Å². The molecule has 30 heavy (non-hydrogen) atoms. The summed E-state index contributed by atoms with van der Waals surface area (Å²) in [6, 6.07) is 5.78. The summed E-state index contributed by atoms with van der Waals surface area (Å²) in [5, 5.41) is 9.78. The molecule has 1 amide bonds. The molecule has 4 aromatic heterocycles. The van der Waals surface area contributed by atoms with Crippen LogP contribution in [0.5, 0.6) is 0 Å². The number of fused-ring (bicyclic) bond motifs is 2. The predicted molar refractivity (Wildman–Crippen MR) is 109 cm³/mol. The van der Waals surface area contributed by atoms with Gasteiger partial charge in [0.25, 0.3) is 11.6 Å². The van der Waals surface area contributed by atoms with Gasteiger partial charge in [-0.2, -0.15) is 4.73 Å². The summed E-state index contributed by atoms with van der Waals surface area (Å²) in [7, 11) is 3.41. The number of aromatic amines is 1. The first-order valence-electron chi connectivity index (χ1n) is 9.75. The molecule has 0 aliphatic carbocycles. The lowest BCUT2D eigenvalue weighted by Gasteiger charge is -2.12. The Morgan fingerprint density at radius 1 is 1.43 bits per heavy atom. The van der Waals surface area contributed by atoms with Crippen LogP contribution >= 0.6 is 0 Å². The number of hydrogen-bond acceptors (Lipinski definition) is 6. The molecule has 154 valence electrons. The van der Waals surface area contributed by atoms with Crippen LogP contribution in [0.15, 0.2) is 36.8 Å². The average Bonchev–Trinajstić information content (AvgIpc) is 3.52. The van der Waals surface area contributed by atoms with Crippen LogP contribution in [0, 0.1) is 0 Å². The van der Waals surface area contributed by atoms with E-state index in [1.807, 2.05) is 31.4 Å². The van der Waals surface area contributed by atoms with Crippen LogP contribution in [-0.4, -0.2) is 59.1 Å². The number of rotatable bonds is 5. The summed E-state index contributed by atoms with van der Waals surface area (Å²) < 4.78 is 8.85. The van der Waals surface area contributed by atoms with Gasteiger partial charge < -0.3 is 20.2 Å². The second kappa shape index (κ2) is 7.30. The fraction of sp³-hybridized carbons (Fsp3) is 0.300. The SMILES string of the molecule is CNC(=O)c1c[nH][n+]2c(NC)cc(-c3cn(OC4CCOC4)c4ncccc34)nc12. The zero-order chi connectivity index (χ0) is 20.7. The number of aromatic nitrogens is 5. The van der Waals surface area contributed by atoms with Crippen LogP contribution in [0.1, 0.15) is 16.8 Å². The highest BCUT2D eigenvalue weighted by atomic mass is 16.7. The zero-order valence-electron chi connectivity index (χ0n) is 16.7. The number of nitrogens with one attached hydrogen (secondary N) is 3. The number of ether oxygens (including phenoxy) is 1. The van der Waals surface area contributed by atoms with Crippen LogP contribution < -0.4 is 20.0 Å². The molecular weight excluding hydrogens is 386 g/mol. The summed E-state index contributed by atoms with van der Waals surface area (Å²) in [6.07, 6.45) is 6.09. The van der Waals surface area contributed by atoms with Gasteiger partial charge in [0, 0.05) is 37.7 Å². The lowest BCUT2D eigenvalue weighted by atomic mass is 10.1. The maximum Gasteiger partial charge on any atom is 0.299 e. The van der Waals surface area contributed by atoms with Crippen molar-refractivity contribution in [3.8, 4) is 11.3 Å². The van der Waals surface area contributed by atoms with Gasteiger partial charge in [-0.15, -0.1) is 4.52 Å². The number of H-pyrrole nitrogens is 1. The maximum atomic E-state index is 12.3. The first-order valence-corrected chi connectivity index (χ1v) is 9.75. The van der Waals surface area contributed by atoms with Gasteiger partial charge in [0.15, 0.2) is 17.4 Å². The Morgan fingerprint density at radius 3 is 3.10 bits per heavy atom. The molecule has 4 aromatic rings. The van der Waals surface area contributed by atoms with Crippen molar-refractivity contribution >= 4 is 28.4 Å². The number of anilines is 1. The van der Waals surface area contributed by atoms with Crippen LogP contribution in [0.2, 0.25) is 0 Å². The minimum atomic E-state index is -0.214. The van der Waals surface area contributed by atoms with Gasteiger partial charge in [-0.25, -0.2) is 4.98 Å². The third-order valence-corrected chi connectivity index (χ3v) is 5.22. The molecule has 5 rings (SSSR count). The molecule has 1 aliphatic heterocycles. The molecule has 10 nitrogen and oxygen atoms in total. The third kappa shape index (κ3) is 2.92. The molecule has 3 N–H and O–H groups in total. The molecule has 0 radical (unpaired) electrons. The average molecular weight is 408 g/mol. The third-order valence-electron chi connectivity index (χ3n) is 5.22. The molecular formula is C20H22N7O3+. The van der Waals surface area contributed by atoms with Gasteiger partial charge >= 0.3 is 0 Å². The van der Waals surface area contributed by atoms with E-state index in [9.17, 15) is 4.79 Å². The molecule has 10 heteroatoms. The van der Waals surface area contributed by atoms with Gasteiger partial charge in [0.2, 0.25) is 5.82 Å². The standard InChI is InChI=1S/C20H21N7O3/c1-21-17-8-16(25-19-14(20(28)22-2)9-24-27(17)19)15-10-26(30-12-5-7-29-11-12)18-13(15)4-3-6-23-18/h3-4,6,8-10,12H,5,7,11H2,1-2H3,(H2,21,22,24,25,28)/p+1. The molecule has 0 bridgehead atoms. The van der Waals surface area contributed by atoms with Crippen LogP contribution in [0.4, 0.5) is 5.82 Å². The predicted octanol–water partition coefficient (Wildman–Crippen LogP) is 0.784. The highest BCUT2D eigenvalue weighted by Gasteiger charge is 2.25. The Balaban J connectivity index is 1.68. The normalized spacial score (nSPS) is 16.3. The molecule has 0 aromatic carbocycles. The largest absolute Gasteiger partial charge is 0.407 e. The molecule has 1 fully saturated rings. The van der Waals surface area contributed by atoms with Crippen molar-refractivity contribution in [2.45, 2.75) is 12.5 Å². The van der Waals surface area contributed by atoms with Gasteiger partial charge in [-0.3, -0.25) is 9.89 Å². The summed E-state index contributed by atoms with van der Waals surface area (Å²) in [5.41, 5.74) is 3.25.